The lowest BCUT2D eigenvalue weighted by Crippen LogP contribution is -2.34. The molecule has 0 bridgehead atoms. The minimum atomic E-state index is -0.713. The van der Waals surface area contributed by atoms with Gasteiger partial charge in [0.05, 0.1) is 10.7 Å². The van der Waals surface area contributed by atoms with Crippen LogP contribution in [-0.4, -0.2) is 14.5 Å². The second kappa shape index (κ2) is 4.61. The number of aromatic nitrogens is 3. The van der Waals surface area contributed by atoms with Gasteiger partial charge in [-0.3, -0.25) is 10.1 Å². The maximum Gasteiger partial charge on any atom is 0.306 e. The smallest absolute Gasteiger partial charge is 0.306 e. The summed E-state index contributed by atoms with van der Waals surface area (Å²) in [6, 6.07) is 9.54. The average Bonchev–Trinajstić information content (AvgIpc) is 2.84. The summed E-state index contributed by atoms with van der Waals surface area (Å²) in [6.45, 7) is 0.454. The van der Waals surface area contributed by atoms with E-state index in [4.69, 9.17) is 0 Å². The van der Waals surface area contributed by atoms with Crippen LogP contribution < -0.4 is 9.67 Å². The number of fused-ring (bicyclic) bond motifs is 1. The number of nitrogens with zero attached hydrogens (tertiary/aromatic N) is 4. The van der Waals surface area contributed by atoms with Crippen molar-refractivity contribution in [3.8, 4) is 5.75 Å². The number of imidazole rings is 1. The first-order chi connectivity index (χ1) is 9.66. The molecule has 100 valence electrons. The second-order valence-corrected chi connectivity index (χ2v) is 4.30. The molecule has 0 amide bonds. The Labute approximate surface area is 113 Å². The Morgan fingerprint density at radius 3 is 2.75 bits per heavy atom. The molecule has 0 aliphatic heterocycles. The van der Waals surface area contributed by atoms with Crippen LogP contribution in [0.1, 0.15) is 5.56 Å². The van der Waals surface area contributed by atoms with E-state index in [0.29, 0.717) is 6.54 Å². The fourth-order valence-electron chi connectivity index (χ4n) is 2.07. The minimum absolute atomic E-state index is 0.183. The van der Waals surface area contributed by atoms with Crippen molar-refractivity contribution >= 4 is 11.3 Å². The molecule has 0 fully saturated rings. The molecule has 0 saturated heterocycles. The van der Waals surface area contributed by atoms with E-state index in [1.165, 1.54) is 4.52 Å². The van der Waals surface area contributed by atoms with Crippen molar-refractivity contribution in [1.29, 1.82) is 0 Å². The van der Waals surface area contributed by atoms with Crippen LogP contribution in [0.3, 0.4) is 0 Å². The molecule has 3 rings (SSSR count). The van der Waals surface area contributed by atoms with Crippen molar-refractivity contribution in [3.63, 3.8) is 0 Å². The summed E-state index contributed by atoms with van der Waals surface area (Å²) in [4.78, 5) is 10.1. The molecule has 0 N–H and O–H groups in total. The molecule has 0 aliphatic rings. The first-order valence-electron chi connectivity index (χ1n) is 5.92. The Balaban J connectivity index is 2.12. The van der Waals surface area contributed by atoms with Gasteiger partial charge >= 0.3 is 5.65 Å². The number of benzene rings is 1. The summed E-state index contributed by atoms with van der Waals surface area (Å²) >= 11 is 0. The molecule has 2 heterocycles. The molecule has 2 aromatic heterocycles. The fraction of sp³-hybridized carbons (Fsp3) is 0.0769. The van der Waals surface area contributed by atoms with Crippen LogP contribution in [0.2, 0.25) is 0 Å². The van der Waals surface area contributed by atoms with Crippen molar-refractivity contribution in [2.75, 3.05) is 0 Å². The topological polar surface area (TPSA) is 87.4 Å². The molecule has 0 radical (unpaired) electrons. The van der Waals surface area contributed by atoms with Gasteiger partial charge in [0.15, 0.2) is 6.20 Å². The molecule has 1 aromatic carbocycles. The molecule has 0 aliphatic carbocycles. The third-order valence-corrected chi connectivity index (χ3v) is 3.01. The van der Waals surface area contributed by atoms with Crippen LogP contribution >= 0.6 is 0 Å². The zero-order valence-corrected chi connectivity index (χ0v) is 10.3. The third-order valence-electron chi connectivity index (χ3n) is 3.01. The highest BCUT2D eigenvalue weighted by Gasteiger charge is 2.20. The highest BCUT2D eigenvalue weighted by molar-refractivity contribution is 5.58. The van der Waals surface area contributed by atoms with Crippen LogP contribution in [0.5, 0.6) is 5.75 Å². The van der Waals surface area contributed by atoms with Gasteiger partial charge in [-0.2, -0.15) is 0 Å². The quantitative estimate of drug-likeness (QED) is 0.397. The van der Waals surface area contributed by atoms with Gasteiger partial charge < -0.3 is 5.11 Å². The lowest BCUT2D eigenvalue weighted by Gasteiger charge is -2.05. The number of nitro groups is 1. The lowest BCUT2D eigenvalue weighted by atomic mass is 10.2. The highest BCUT2D eigenvalue weighted by atomic mass is 16.6. The molecule has 0 atom stereocenters. The van der Waals surface area contributed by atoms with E-state index in [-0.39, 0.29) is 5.65 Å². The zero-order valence-electron chi connectivity index (χ0n) is 10.3. The zero-order chi connectivity index (χ0) is 14.1. The fourth-order valence-corrected chi connectivity index (χ4v) is 2.07. The molecule has 7 nitrogen and oxygen atoms in total. The molecule has 0 saturated carbocycles. The summed E-state index contributed by atoms with van der Waals surface area (Å²) in [5.74, 6) is -0.633. The monoisotopic (exact) mass is 270 g/mol. The molecule has 3 aromatic rings. The summed E-state index contributed by atoms with van der Waals surface area (Å²) in [7, 11) is 0. The third kappa shape index (κ3) is 1.95. The van der Waals surface area contributed by atoms with Gasteiger partial charge in [-0.05, 0) is 5.56 Å². The van der Waals surface area contributed by atoms with E-state index < -0.39 is 16.4 Å². The predicted octanol–water partition coefficient (Wildman–Crippen LogP) is 0.652. The van der Waals surface area contributed by atoms with Crippen molar-refractivity contribution in [3.05, 3.63) is 64.6 Å². The first-order valence-corrected chi connectivity index (χ1v) is 5.92. The largest absolute Gasteiger partial charge is 0.862 e. The molecular weight excluding hydrogens is 260 g/mol. The van der Waals surface area contributed by atoms with Gasteiger partial charge in [-0.25, -0.2) is 4.57 Å². The minimum Gasteiger partial charge on any atom is -0.862 e. The van der Waals surface area contributed by atoms with Crippen LogP contribution in [0, 0.1) is 10.1 Å². The summed E-state index contributed by atoms with van der Waals surface area (Å²) in [5.41, 5.74) is 0.664. The van der Waals surface area contributed by atoms with Gasteiger partial charge in [-0.15, -0.1) is 4.52 Å². The molecule has 7 heteroatoms. The highest BCUT2D eigenvalue weighted by Crippen LogP contribution is 2.24. The summed E-state index contributed by atoms with van der Waals surface area (Å²) < 4.78 is 3.00. The Morgan fingerprint density at radius 1 is 1.30 bits per heavy atom. The average molecular weight is 270 g/mol. The van der Waals surface area contributed by atoms with E-state index in [1.807, 2.05) is 30.3 Å². The SMILES string of the molecule is O=[N+]([O-])c1cnn2cc[n+](Cc3ccccc3)c2c1[O-]. The van der Waals surface area contributed by atoms with Gasteiger partial charge in [0.1, 0.15) is 18.9 Å². The molecular formula is C13H10N4O3. The standard InChI is InChI=1S/C13H10N4O3/c18-12-11(17(19)20)8-14-16-7-6-15(13(12)16)9-10-4-2-1-3-5-10/h1-8H,9H2. The van der Waals surface area contributed by atoms with Gasteiger partial charge in [0, 0.05) is 0 Å². The number of rotatable bonds is 3. The number of hydrogen-bond donors (Lipinski definition) is 0. The molecule has 0 spiro atoms. The summed E-state index contributed by atoms with van der Waals surface area (Å²) in [5, 5.41) is 26.8. The van der Waals surface area contributed by atoms with Crippen LogP contribution in [0.15, 0.2) is 48.9 Å². The Kier molecular flexibility index (Phi) is 2.79. The van der Waals surface area contributed by atoms with Crippen molar-refractivity contribution in [2.45, 2.75) is 6.54 Å². The Morgan fingerprint density at radius 2 is 2.05 bits per heavy atom. The lowest BCUT2D eigenvalue weighted by molar-refractivity contribution is -0.663. The number of hydrogen-bond acceptors (Lipinski definition) is 4. The van der Waals surface area contributed by atoms with E-state index in [2.05, 4.69) is 5.10 Å². The van der Waals surface area contributed by atoms with Crippen molar-refractivity contribution in [2.24, 2.45) is 0 Å². The molecule has 0 unspecified atom stereocenters. The normalized spacial score (nSPS) is 10.8. The first kappa shape index (κ1) is 12.1. The van der Waals surface area contributed by atoms with Crippen LogP contribution in [-0.2, 0) is 6.54 Å². The van der Waals surface area contributed by atoms with Crippen molar-refractivity contribution in [1.82, 2.24) is 9.61 Å². The van der Waals surface area contributed by atoms with Crippen molar-refractivity contribution < 1.29 is 14.6 Å². The maximum atomic E-state index is 12.1. The van der Waals surface area contributed by atoms with Crippen LogP contribution in [0.25, 0.3) is 5.65 Å². The summed E-state index contributed by atoms with van der Waals surface area (Å²) in [6.07, 6.45) is 4.26. The van der Waals surface area contributed by atoms with Gasteiger partial charge in [-0.1, -0.05) is 35.4 Å². The van der Waals surface area contributed by atoms with Crippen LogP contribution in [0.4, 0.5) is 5.69 Å². The van der Waals surface area contributed by atoms with Gasteiger partial charge in [0.2, 0.25) is 0 Å². The van der Waals surface area contributed by atoms with Gasteiger partial charge in [0.25, 0.3) is 5.69 Å². The van der Waals surface area contributed by atoms with E-state index in [0.717, 1.165) is 11.8 Å². The van der Waals surface area contributed by atoms with E-state index >= 15 is 0 Å². The van der Waals surface area contributed by atoms with E-state index in [1.54, 1.807) is 17.0 Å². The maximum absolute atomic E-state index is 12.1. The Bertz CT molecular complexity index is 783. The van der Waals surface area contributed by atoms with E-state index in [9.17, 15) is 15.2 Å². The predicted molar refractivity (Wildman–Crippen MR) is 67.0 cm³/mol. The Hall–Kier alpha value is -2.96. The second-order valence-electron chi connectivity index (χ2n) is 4.30. The molecule has 20 heavy (non-hydrogen) atoms.